The third kappa shape index (κ3) is 1.42. The Morgan fingerprint density at radius 3 is 3.13 bits per heavy atom. The van der Waals surface area contributed by atoms with Crippen LogP contribution in [-0.4, -0.2) is 9.97 Å². The van der Waals surface area contributed by atoms with Crippen LogP contribution in [0, 0.1) is 5.92 Å². The van der Waals surface area contributed by atoms with E-state index >= 15 is 0 Å². The van der Waals surface area contributed by atoms with Gasteiger partial charge in [-0.1, -0.05) is 19.1 Å². The minimum atomic E-state index is 0.648. The summed E-state index contributed by atoms with van der Waals surface area (Å²) in [6.07, 6.45) is 9.74. The third-order valence-electron chi connectivity index (χ3n) is 2.95. The summed E-state index contributed by atoms with van der Waals surface area (Å²) in [6.45, 7) is 2.25. The molecule has 3 rings (SSSR count). The van der Waals surface area contributed by atoms with Crippen molar-refractivity contribution in [2.45, 2.75) is 13.3 Å². The van der Waals surface area contributed by atoms with Gasteiger partial charge in [0.1, 0.15) is 0 Å². The van der Waals surface area contributed by atoms with Crippen molar-refractivity contribution in [2.75, 3.05) is 0 Å². The zero-order valence-corrected chi connectivity index (χ0v) is 8.75. The second-order valence-corrected chi connectivity index (χ2v) is 4.24. The highest BCUT2D eigenvalue weighted by molar-refractivity contribution is 5.60. The van der Waals surface area contributed by atoms with Crippen molar-refractivity contribution in [2.24, 2.45) is 5.92 Å². The lowest BCUT2D eigenvalue weighted by atomic mass is 10.0. The Morgan fingerprint density at radius 2 is 2.33 bits per heavy atom. The van der Waals surface area contributed by atoms with Gasteiger partial charge < -0.3 is 9.97 Å². The SMILES string of the molecule is CC1C=c2[nH]c(-c3cc[nH]c3)cc2=CC1. The lowest BCUT2D eigenvalue weighted by Crippen LogP contribution is -2.26. The summed E-state index contributed by atoms with van der Waals surface area (Å²) < 4.78 is 0. The van der Waals surface area contributed by atoms with Crippen LogP contribution < -0.4 is 10.6 Å². The van der Waals surface area contributed by atoms with Gasteiger partial charge in [-0.05, 0) is 29.7 Å². The molecule has 1 unspecified atom stereocenters. The Morgan fingerprint density at radius 1 is 1.40 bits per heavy atom. The smallest absolute Gasteiger partial charge is 0.0479 e. The van der Waals surface area contributed by atoms with Crippen LogP contribution in [-0.2, 0) is 0 Å². The minimum Gasteiger partial charge on any atom is -0.367 e. The fourth-order valence-corrected chi connectivity index (χ4v) is 2.11. The fraction of sp³-hybridized carbons (Fsp3) is 0.231. The first-order valence-corrected chi connectivity index (χ1v) is 5.37. The van der Waals surface area contributed by atoms with Crippen molar-refractivity contribution >= 4 is 12.2 Å². The number of H-pyrrole nitrogens is 2. The first kappa shape index (κ1) is 8.60. The number of rotatable bonds is 1. The number of hydrogen-bond acceptors (Lipinski definition) is 0. The molecule has 0 aromatic carbocycles. The van der Waals surface area contributed by atoms with Gasteiger partial charge in [-0.3, -0.25) is 0 Å². The maximum Gasteiger partial charge on any atom is 0.0479 e. The molecule has 1 atom stereocenters. The van der Waals surface area contributed by atoms with Crippen molar-refractivity contribution < 1.29 is 0 Å². The van der Waals surface area contributed by atoms with Gasteiger partial charge in [0.05, 0.1) is 0 Å². The van der Waals surface area contributed by atoms with E-state index in [0.29, 0.717) is 5.92 Å². The zero-order valence-electron chi connectivity index (χ0n) is 8.75. The number of aromatic nitrogens is 2. The summed E-state index contributed by atoms with van der Waals surface area (Å²) in [4.78, 5) is 6.54. The maximum atomic E-state index is 3.46. The summed E-state index contributed by atoms with van der Waals surface area (Å²) in [5.74, 6) is 0.648. The molecule has 0 amide bonds. The normalized spacial score (nSPS) is 19.1. The molecule has 2 nitrogen and oxygen atoms in total. The van der Waals surface area contributed by atoms with Crippen molar-refractivity contribution in [3.05, 3.63) is 35.1 Å². The van der Waals surface area contributed by atoms with Crippen LogP contribution in [0.5, 0.6) is 0 Å². The molecule has 15 heavy (non-hydrogen) atoms. The van der Waals surface area contributed by atoms with Crippen molar-refractivity contribution in [1.29, 1.82) is 0 Å². The average molecular weight is 198 g/mol. The molecule has 0 saturated heterocycles. The lowest BCUT2D eigenvalue weighted by Gasteiger charge is -2.03. The number of hydrogen-bond donors (Lipinski definition) is 2. The van der Waals surface area contributed by atoms with E-state index in [2.05, 4.69) is 41.2 Å². The van der Waals surface area contributed by atoms with Gasteiger partial charge in [-0.25, -0.2) is 0 Å². The highest BCUT2D eigenvalue weighted by Gasteiger charge is 2.05. The molecule has 2 heterocycles. The summed E-state index contributed by atoms with van der Waals surface area (Å²) in [5.41, 5.74) is 2.42. The summed E-state index contributed by atoms with van der Waals surface area (Å²) in [5, 5.41) is 2.61. The highest BCUT2D eigenvalue weighted by Crippen LogP contribution is 2.13. The number of fused-ring (bicyclic) bond motifs is 1. The molecular weight excluding hydrogens is 184 g/mol. The molecule has 0 saturated carbocycles. The molecule has 0 spiro atoms. The third-order valence-corrected chi connectivity index (χ3v) is 2.95. The van der Waals surface area contributed by atoms with Crippen molar-refractivity contribution in [1.82, 2.24) is 9.97 Å². The van der Waals surface area contributed by atoms with Gasteiger partial charge in [-0.2, -0.15) is 0 Å². The Hall–Kier alpha value is -1.70. The zero-order chi connectivity index (χ0) is 10.3. The van der Waals surface area contributed by atoms with E-state index in [1.807, 2.05) is 12.4 Å². The van der Waals surface area contributed by atoms with E-state index in [0.717, 1.165) is 6.42 Å². The van der Waals surface area contributed by atoms with Gasteiger partial charge >= 0.3 is 0 Å². The molecule has 0 aliphatic heterocycles. The summed E-state index contributed by atoms with van der Waals surface area (Å²) in [7, 11) is 0. The number of aromatic amines is 2. The Balaban J connectivity index is 2.19. The molecule has 2 heteroatoms. The molecule has 2 aromatic heterocycles. The van der Waals surface area contributed by atoms with Crippen LogP contribution in [0.25, 0.3) is 23.4 Å². The first-order chi connectivity index (χ1) is 7.33. The Kier molecular flexibility index (Phi) is 1.81. The van der Waals surface area contributed by atoms with Gasteiger partial charge in [0.2, 0.25) is 0 Å². The predicted molar refractivity (Wildman–Crippen MR) is 62.5 cm³/mol. The minimum absolute atomic E-state index is 0.648. The number of nitrogens with one attached hydrogen (secondary N) is 2. The summed E-state index contributed by atoms with van der Waals surface area (Å²) >= 11 is 0. The van der Waals surface area contributed by atoms with E-state index in [-0.39, 0.29) is 0 Å². The summed E-state index contributed by atoms with van der Waals surface area (Å²) in [6, 6.07) is 4.31. The highest BCUT2D eigenvalue weighted by atomic mass is 14.7. The van der Waals surface area contributed by atoms with Crippen LogP contribution in [0.3, 0.4) is 0 Å². The predicted octanol–water partition coefficient (Wildman–Crippen LogP) is 1.61. The van der Waals surface area contributed by atoms with E-state index < -0.39 is 0 Å². The van der Waals surface area contributed by atoms with Crippen molar-refractivity contribution in [3.8, 4) is 11.3 Å². The van der Waals surface area contributed by atoms with Crippen molar-refractivity contribution in [3.63, 3.8) is 0 Å². The molecule has 0 bridgehead atoms. The maximum absolute atomic E-state index is 3.46. The standard InChI is InChI=1S/C13H14N2/c1-9-2-3-10-7-13(15-12(10)6-9)11-4-5-14-8-11/h3-9,14-15H,2H2,1H3. The van der Waals surface area contributed by atoms with E-state index in [1.54, 1.807) is 0 Å². The molecule has 1 aliphatic rings. The van der Waals surface area contributed by atoms with Crippen LogP contribution in [0.15, 0.2) is 24.5 Å². The molecule has 1 aliphatic carbocycles. The Bertz CT molecular complexity index is 573. The molecule has 2 aromatic rings. The van der Waals surface area contributed by atoms with E-state index in [9.17, 15) is 0 Å². The van der Waals surface area contributed by atoms with Crippen LogP contribution in [0.2, 0.25) is 0 Å². The van der Waals surface area contributed by atoms with Gasteiger partial charge in [0.25, 0.3) is 0 Å². The van der Waals surface area contributed by atoms with Gasteiger partial charge in [0, 0.05) is 29.0 Å². The first-order valence-electron chi connectivity index (χ1n) is 5.37. The molecule has 0 radical (unpaired) electrons. The van der Waals surface area contributed by atoms with Crippen LogP contribution >= 0.6 is 0 Å². The largest absolute Gasteiger partial charge is 0.367 e. The fourth-order valence-electron chi connectivity index (χ4n) is 2.11. The molecule has 76 valence electrons. The van der Waals surface area contributed by atoms with Gasteiger partial charge in [-0.15, -0.1) is 0 Å². The molecule has 0 fully saturated rings. The molecule has 2 N–H and O–H groups in total. The second-order valence-electron chi connectivity index (χ2n) is 4.24. The topological polar surface area (TPSA) is 31.6 Å². The average Bonchev–Trinajstić information content (AvgIpc) is 2.84. The van der Waals surface area contributed by atoms with E-state index in [4.69, 9.17) is 0 Å². The Labute approximate surface area is 88.3 Å². The lowest BCUT2D eigenvalue weighted by molar-refractivity contribution is 0.797. The van der Waals surface area contributed by atoms with E-state index in [1.165, 1.54) is 21.8 Å². The molecular formula is C13H14N2. The van der Waals surface area contributed by atoms with Gasteiger partial charge in [0.15, 0.2) is 0 Å². The second kappa shape index (κ2) is 3.16. The quantitative estimate of drug-likeness (QED) is 0.697. The monoisotopic (exact) mass is 198 g/mol. The van der Waals surface area contributed by atoms with Crippen LogP contribution in [0.4, 0.5) is 0 Å². The van der Waals surface area contributed by atoms with Crippen LogP contribution in [0.1, 0.15) is 13.3 Å².